The molecule has 256 valence electrons. The summed E-state index contributed by atoms with van der Waals surface area (Å²) in [6.45, 7) is 13.5. The van der Waals surface area contributed by atoms with Crippen LogP contribution in [0.15, 0.2) is 0 Å². The molecular formula is C37H76O4Si2. The zero-order chi connectivity index (χ0) is 32.1. The number of carbonyl (C=O) groups excluding carboxylic acids is 2. The lowest BCUT2D eigenvalue weighted by atomic mass is 10.1. The second-order valence-electron chi connectivity index (χ2n) is 13.6. The topological polar surface area (TPSA) is 52.6 Å². The van der Waals surface area contributed by atoms with Crippen molar-refractivity contribution in [2.45, 2.75) is 225 Å². The van der Waals surface area contributed by atoms with Crippen LogP contribution in [0.3, 0.4) is 0 Å². The summed E-state index contributed by atoms with van der Waals surface area (Å²) >= 11 is 0. The molecule has 0 heterocycles. The van der Waals surface area contributed by atoms with E-state index < -0.39 is 16.6 Å². The predicted octanol–water partition coefficient (Wildman–Crippen LogP) is 13.1. The molecule has 0 aliphatic rings. The van der Waals surface area contributed by atoms with Crippen LogP contribution >= 0.6 is 0 Å². The van der Waals surface area contributed by atoms with Crippen molar-refractivity contribution < 1.29 is 18.4 Å². The minimum Gasteiger partial charge on any atom is -0.519 e. The summed E-state index contributed by atoms with van der Waals surface area (Å²) in [6, 6.07) is 6.66. The standard InChI is InChI=1S/C37H76O4Si2/c1-7-13-19-21-23-25-34-42(30-15-9-3,31-16-10-4)40-36(38)28-27-29-37(39)41-43(32-17-11-5,33-18-12-6)35-26-24-22-20-14-8-2/h7-35H2,1-6H3. The zero-order valence-electron chi connectivity index (χ0n) is 30.1. The average Bonchev–Trinajstić information content (AvgIpc) is 3.00. The molecule has 0 spiro atoms. The quantitative estimate of drug-likeness (QED) is 0.0542. The summed E-state index contributed by atoms with van der Waals surface area (Å²) in [5.74, 6) is -0.101. The van der Waals surface area contributed by atoms with E-state index in [0.29, 0.717) is 19.3 Å². The summed E-state index contributed by atoms with van der Waals surface area (Å²) in [6.07, 6.45) is 25.9. The van der Waals surface area contributed by atoms with E-state index in [9.17, 15) is 9.59 Å². The van der Waals surface area contributed by atoms with Gasteiger partial charge in [0.1, 0.15) is 0 Å². The smallest absolute Gasteiger partial charge is 0.292 e. The van der Waals surface area contributed by atoms with Crippen molar-refractivity contribution >= 4 is 28.6 Å². The van der Waals surface area contributed by atoms with Crippen LogP contribution in [0.5, 0.6) is 0 Å². The molecule has 0 fully saturated rings. The Morgan fingerprint density at radius 1 is 0.349 bits per heavy atom. The van der Waals surface area contributed by atoms with Crippen LogP contribution in [-0.4, -0.2) is 28.6 Å². The van der Waals surface area contributed by atoms with Crippen molar-refractivity contribution in [3.63, 3.8) is 0 Å². The molecule has 0 aliphatic heterocycles. The maximum absolute atomic E-state index is 13.2. The van der Waals surface area contributed by atoms with Gasteiger partial charge in [-0.3, -0.25) is 9.59 Å². The van der Waals surface area contributed by atoms with E-state index in [4.69, 9.17) is 8.85 Å². The molecule has 0 aromatic carbocycles. The number of carbonyl (C=O) groups is 2. The molecule has 0 bridgehead atoms. The molecule has 0 rings (SSSR count). The Morgan fingerprint density at radius 3 is 0.907 bits per heavy atom. The largest absolute Gasteiger partial charge is 0.519 e. The van der Waals surface area contributed by atoms with Crippen molar-refractivity contribution in [1.82, 2.24) is 0 Å². The number of rotatable bonds is 32. The number of hydrogen-bond donors (Lipinski definition) is 0. The molecule has 6 heteroatoms. The van der Waals surface area contributed by atoms with Gasteiger partial charge in [0.15, 0.2) is 0 Å². The van der Waals surface area contributed by atoms with Crippen molar-refractivity contribution in [1.29, 1.82) is 0 Å². The van der Waals surface area contributed by atoms with Gasteiger partial charge in [0.05, 0.1) is 0 Å². The van der Waals surface area contributed by atoms with Crippen molar-refractivity contribution in [2.75, 3.05) is 0 Å². The van der Waals surface area contributed by atoms with E-state index >= 15 is 0 Å². The van der Waals surface area contributed by atoms with Crippen LogP contribution in [0.4, 0.5) is 0 Å². The Bertz CT molecular complexity index is 585. The fourth-order valence-electron chi connectivity index (χ4n) is 6.47. The fraction of sp³-hybridized carbons (Fsp3) is 0.946. The molecule has 4 nitrogen and oxygen atoms in total. The molecule has 0 aromatic heterocycles. The lowest BCUT2D eigenvalue weighted by Crippen LogP contribution is -2.41. The molecular weight excluding hydrogens is 565 g/mol. The minimum absolute atomic E-state index is 0.0507. The van der Waals surface area contributed by atoms with E-state index in [-0.39, 0.29) is 11.9 Å². The van der Waals surface area contributed by atoms with Crippen molar-refractivity contribution in [2.24, 2.45) is 0 Å². The second-order valence-corrected chi connectivity index (χ2v) is 21.8. The molecule has 0 atom stereocenters. The first-order chi connectivity index (χ1) is 20.9. The fourth-order valence-corrected chi connectivity index (χ4v) is 15.5. The van der Waals surface area contributed by atoms with E-state index in [1.165, 1.54) is 77.0 Å². The zero-order valence-corrected chi connectivity index (χ0v) is 32.1. The predicted molar refractivity (Wildman–Crippen MR) is 193 cm³/mol. The van der Waals surface area contributed by atoms with Crippen LogP contribution in [0, 0.1) is 0 Å². The normalized spacial score (nSPS) is 12.0. The van der Waals surface area contributed by atoms with Gasteiger partial charge in [0, 0.05) is 12.8 Å². The SMILES string of the molecule is CCCCCCCC[Si](CCCC)(CCCC)OC(=O)CCCC(=O)O[Si](CCCC)(CCCC)CCCCCCCC. The van der Waals surface area contributed by atoms with Gasteiger partial charge in [0.2, 0.25) is 0 Å². The van der Waals surface area contributed by atoms with E-state index in [0.717, 1.165) is 87.6 Å². The van der Waals surface area contributed by atoms with Gasteiger partial charge in [-0.2, -0.15) is 0 Å². The average molecular weight is 641 g/mol. The Kier molecular flexibility index (Phi) is 28.4. The van der Waals surface area contributed by atoms with Gasteiger partial charge in [-0.15, -0.1) is 0 Å². The lowest BCUT2D eigenvalue weighted by molar-refractivity contribution is -0.137. The van der Waals surface area contributed by atoms with Crippen molar-refractivity contribution in [3.05, 3.63) is 0 Å². The highest BCUT2D eigenvalue weighted by atomic mass is 28.4. The van der Waals surface area contributed by atoms with Crippen LogP contribution in [0.25, 0.3) is 0 Å². The molecule has 0 aliphatic carbocycles. The Balaban J connectivity index is 5.14. The number of hydrogen-bond acceptors (Lipinski definition) is 4. The highest BCUT2D eigenvalue weighted by Crippen LogP contribution is 2.32. The van der Waals surface area contributed by atoms with E-state index in [1.807, 2.05) is 0 Å². The van der Waals surface area contributed by atoms with Gasteiger partial charge < -0.3 is 8.85 Å². The maximum atomic E-state index is 13.2. The summed E-state index contributed by atoms with van der Waals surface area (Å²) in [4.78, 5) is 26.5. The summed E-state index contributed by atoms with van der Waals surface area (Å²) in [5.41, 5.74) is 0. The maximum Gasteiger partial charge on any atom is 0.292 e. The first kappa shape index (κ1) is 42.4. The van der Waals surface area contributed by atoms with Crippen LogP contribution in [-0.2, 0) is 18.4 Å². The second kappa shape index (κ2) is 28.8. The van der Waals surface area contributed by atoms with Gasteiger partial charge >= 0.3 is 0 Å². The van der Waals surface area contributed by atoms with E-state index in [1.54, 1.807) is 0 Å². The Hall–Kier alpha value is -0.626. The Labute approximate surface area is 271 Å². The monoisotopic (exact) mass is 641 g/mol. The van der Waals surface area contributed by atoms with Gasteiger partial charge in [-0.25, -0.2) is 0 Å². The minimum atomic E-state index is -2.10. The van der Waals surface area contributed by atoms with Gasteiger partial charge in [-0.05, 0) is 42.7 Å². The first-order valence-electron chi connectivity index (χ1n) is 19.3. The third-order valence-electron chi connectivity index (χ3n) is 9.34. The van der Waals surface area contributed by atoms with Crippen molar-refractivity contribution in [3.8, 4) is 0 Å². The molecule has 0 saturated heterocycles. The molecule has 0 N–H and O–H groups in total. The summed E-state index contributed by atoms with van der Waals surface area (Å²) in [7, 11) is -4.20. The van der Waals surface area contributed by atoms with Crippen LogP contribution < -0.4 is 0 Å². The van der Waals surface area contributed by atoms with Gasteiger partial charge in [-0.1, -0.05) is 170 Å². The third kappa shape index (κ3) is 22.5. The highest BCUT2D eigenvalue weighted by molar-refractivity contribution is 6.75. The van der Waals surface area contributed by atoms with Gasteiger partial charge in [0.25, 0.3) is 28.6 Å². The first-order valence-corrected chi connectivity index (χ1v) is 24.4. The summed E-state index contributed by atoms with van der Waals surface area (Å²) < 4.78 is 13.0. The third-order valence-corrected chi connectivity index (χ3v) is 18.2. The molecule has 0 aromatic rings. The number of unbranched alkanes of at least 4 members (excludes halogenated alkanes) is 14. The highest BCUT2D eigenvalue weighted by Gasteiger charge is 2.38. The molecule has 0 saturated carbocycles. The lowest BCUT2D eigenvalue weighted by Gasteiger charge is -2.32. The molecule has 0 amide bonds. The summed E-state index contributed by atoms with van der Waals surface area (Å²) in [5, 5.41) is 0. The van der Waals surface area contributed by atoms with Crippen LogP contribution in [0.1, 0.15) is 189 Å². The Morgan fingerprint density at radius 2 is 0.605 bits per heavy atom. The molecule has 43 heavy (non-hydrogen) atoms. The molecule has 0 radical (unpaired) electrons. The molecule has 0 unspecified atom stereocenters. The van der Waals surface area contributed by atoms with Crippen LogP contribution in [0.2, 0.25) is 36.3 Å². The van der Waals surface area contributed by atoms with E-state index in [2.05, 4.69) is 41.5 Å².